The van der Waals surface area contributed by atoms with Crippen LogP contribution in [0.15, 0.2) is 16.6 Å². The van der Waals surface area contributed by atoms with E-state index in [0.29, 0.717) is 11.3 Å². The predicted octanol–water partition coefficient (Wildman–Crippen LogP) is 8.38. The van der Waals surface area contributed by atoms with Gasteiger partial charge < -0.3 is 19.5 Å². The van der Waals surface area contributed by atoms with Crippen molar-refractivity contribution in [2.75, 3.05) is 19.8 Å². The lowest BCUT2D eigenvalue weighted by Crippen LogP contribution is -2.28. The normalized spacial score (nSPS) is 14.3. The van der Waals surface area contributed by atoms with Crippen LogP contribution in [0.5, 0.6) is 5.75 Å². The van der Waals surface area contributed by atoms with Gasteiger partial charge in [-0.25, -0.2) is 0 Å². The van der Waals surface area contributed by atoms with Gasteiger partial charge in [-0.1, -0.05) is 0 Å². The van der Waals surface area contributed by atoms with Crippen LogP contribution >= 0.6 is 35.6 Å². The first kappa shape index (κ1) is 29.4. The lowest BCUT2D eigenvalue weighted by atomic mass is 10.0. The van der Waals surface area contributed by atoms with Crippen molar-refractivity contribution in [3.63, 3.8) is 0 Å². The molecule has 0 saturated carbocycles. The molecule has 0 aliphatic rings. The fourth-order valence-electron chi connectivity index (χ4n) is 2.80. The Morgan fingerprint density at radius 1 is 1.03 bits per heavy atom. The van der Waals surface area contributed by atoms with Crippen molar-refractivity contribution >= 4 is 45.7 Å². The summed E-state index contributed by atoms with van der Waals surface area (Å²) in [6, 6.07) is -0.554. The molecule has 0 fully saturated rings. The zero-order valence-corrected chi connectivity index (χ0v) is 21.1. The molecule has 194 valence electrons. The Kier molecular flexibility index (Phi) is 9.97. The van der Waals surface area contributed by atoms with Crippen molar-refractivity contribution in [2.24, 2.45) is 5.73 Å². The number of hydrogen-bond donors (Lipinski definition) is 1. The second kappa shape index (κ2) is 11.5. The average Bonchev–Trinajstić information content (AvgIpc) is 3.06. The van der Waals surface area contributed by atoms with Gasteiger partial charge in [0.1, 0.15) is 11.8 Å². The fraction of sp³-hybridized carbons (Fsp3) is 0.579. The zero-order chi connectivity index (χ0) is 25.9. The maximum Gasteiger partial charge on any atom is 0.407 e. The molecule has 0 spiro atoms. The monoisotopic (exact) mass is 605 g/mol. The molecular weight excluding hydrogens is 585 g/mol. The Hall–Kier alpha value is -0.790. The summed E-state index contributed by atoms with van der Waals surface area (Å²) in [5.41, 5.74) is 1.15. The standard InChI is InChI=1S/C19H21BrF8NO3PS/c1-3-31-33(32-4-2)19(27,28)16-13(20)11-8-10(15(29)18(24,25)26)9-12(14(11)34-16)30-7-5-6-17(21,22)23/h8-9,15H,3-7,29H2,1-2H3. The molecular formula is C19H21BrF8NO3PS. The lowest BCUT2D eigenvalue weighted by Gasteiger charge is -2.24. The van der Waals surface area contributed by atoms with Gasteiger partial charge in [-0.3, -0.25) is 0 Å². The van der Waals surface area contributed by atoms with Gasteiger partial charge in [0.05, 0.1) is 29.4 Å². The molecule has 1 atom stereocenters. The number of thiophene rings is 1. The molecule has 15 heteroatoms. The number of nitrogens with two attached hydrogens (primary N) is 1. The predicted molar refractivity (Wildman–Crippen MR) is 117 cm³/mol. The molecule has 2 N–H and O–H groups in total. The highest BCUT2D eigenvalue weighted by Gasteiger charge is 2.48. The molecule has 2 aromatic rings. The second-order valence-corrected chi connectivity index (χ2v) is 10.3. The molecule has 0 aliphatic heterocycles. The van der Waals surface area contributed by atoms with E-state index >= 15 is 8.78 Å². The quantitative estimate of drug-likeness (QED) is 0.159. The summed E-state index contributed by atoms with van der Waals surface area (Å²) in [5.74, 6) is -0.278. The van der Waals surface area contributed by atoms with E-state index in [1.165, 1.54) is 13.8 Å². The Labute approximate surface area is 203 Å². The molecule has 0 aliphatic carbocycles. The van der Waals surface area contributed by atoms with Crippen LogP contribution in [0.4, 0.5) is 35.1 Å². The van der Waals surface area contributed by atoms with Gasteiger partial charge in [0, 0.05) is 16.3 Å². The molecule has 1 unspecified atom stereocenters. The van der Waals surface area contributed by atoms with E-state index < -0.39 is 62.3 Å². The lowest BCUT2D eigenvalue weighted by molar-refractivity contribution is -0.149. The SMILES string of the molecule is CCOP(OCC)C(F)(F)c1sc2c(OCCCC(F)(F)F)cc(C(N)C(F)(F)F)cc2c1Br. The number of benzene rings is 1. The van der Waals surface area contributed by atoms with E-state index in [9.17, 15) is 26.3 Å². The average molecular weight is 606 g/mol. The van der Waals surface area contributed by atoms with E-state index in [4.69, 9.17) is 19.5 Å². The first-order valence-corrected chi connectivity index (χ1v) is 12.6. The number of hydrogen-bond acceptors (Lipinski definition) is 5. The van der Waals surface area contributed by atoms with Gasteiger partial charge in [0.2, 0.25) is 0 Å². The fourth-order valence-corrected chi connectivity index (χ4v) is 6.41. The third-order valence-corrected chi connectivity index (χ3v) is 8.48. The van der Waals surface area contributed by atoms with E-state index in [1.807, 2.05) is 0 Å². The van der Waals surface area contributed by atoms with Gasteiger partial charge in [0.25, 0.3) is 8.38 Å². The molecule has 1 heterocycles. The number of alkyl halides is 8. The summed E-state index contributed by atoms with van der Waals surface area (Å²) in [6.07, 6.45) is -11.0. The summed E-state index contributed by atoms with van der Waals surface area (Å²) in [5, 5.41) is -0.0503. The minimum Gasteiger partial charge on any atom is -0.492 e. The summed E-state index contributed by atoms with van der Waals surface area (Å²) in [4.78, 5) is -0.576. The first-order chi connectivity index (χ1) is 15.6. The Bertz CT molecular complexity index is 964. The van der Waals surface area contributed by atoms with Crippen molar-refractivity contribution in [1.29, 1.82) is 0 Å². The van der Waals surface area contributed by atoms with Gasteiger partial charge in [-0.2, -0.15) is 35.1 Å². The molecule has 1 aromatic carbocycles. The summed E-state index contributed by atoms with van der Waals surface area (Å²) < 4.78 is 123. The van der Waals surface area contributed by atoms with Crippen LogP contribution in [0.3, 0.4) is 0 Å². The van der Waals surface area contributed by atoms with Crippen LogP contribution < -0.4 is 10.5 Å². The molecule has 0 radical (unpaired) electrons. The highest BCUT2D eigenvalue weighted by Crippen LogP contribution is 2.63. The maximum absolute atomic E-state index is 15.3. The molecule has 0 amide bonds. The third-order valence-electron chi connectivity index (χ3n) is 4.29. The van der Waals surface area contributed by atoms with Crippen molar-refractivity contribution in [3.05, 3.63) is 27.0 Å². The molecule has 0 saturated heterocycles. The van der Waals surface area contributed by atoms with Crippen molar-refractivity contribution < 1.29 is 48.9 Å². The third kappa shape index (κ3) is 7.13. The summed E-state index contributed by atoms with van der Waals surface area (Å²) in [6.45, 7) is 2.37. The van der Waals surface area contributed by atoms with Gasteiger partial charge in [0.15, 0.2) is 0 Å². The summed E-state index contributed by atoms with van der Waals surface area (Å²) >= 11 is 3.56. The molecule has 2 rings (SSSR count). The Morgan fingerprint density at radius 2 is 1.62 bits per heavy atom. The van der Waals surface area contributed by atoms with Crippen LogP contribution in [0.1, 0.15) is 43.2 Å². The van der Waals surface area contributed by atoms with Crippen molar-refractivity contribution in [1.82, 2.24) is 0 Å². The van der Waals surface area contributed by atoms with Gasteiger partial charge in [-0.15, -0.1) is 11.3 Å². The van der Waals surface area contributed by atoms with Crippen LogP contribution in [0.2, 0.25) is 0 Å². The van der Waals surface area contributed by atoms with Gasteiger partial charge in [-0.05, 0) is 53.9 Å². The number of fused-ring (bicyclic) bond motifs is 1. The minimum atomic E-state index is -4.85. The molecule has 1 aromatic heterocycles. The van der Waals surface area contributed by atoms with Crippen LogP contribution in [-0.4, -0.2) is 32.2 Å². The zero-order valence-electron chi connectivity index (χ0n) is 17.8. The van der Waals surface area contributed by atoms with Crippen LogP contribution in [0.25, 0.3) is 10.1 Å². The summed E-state index contributed by atoms with van der Waals surface area (Å²) in [7, 11) is -2.73. The molecule has 34 heavy (non-hydrogen) atoms. The first-order valence-electron chi connectivity index (χ1n) is 9.85. The Balaban J connectivity index is 2.58. The van der Waals surface area contributed by atoms with Crippen LogP contribution in [-0.2, 0) is 14.7 Å². The molecule has 4 nitrogen and oxygen atoms in total. The number of ether oxygens (including phenoxy) is 1. The maximum atomic E-state index is 15.3. The number of rotatable bonds is 11. The highest BCUT2D eigenvalue weighted by atomic mass is 79.9. The highest BCUT2D eigenvalue weighted by molar-refractivity contribution is 9.10. The van der Waals surface area contributed by atoms with E-state index in [-0.39, 0.29) is 33.5 Å². The van der Waals surface area contributed by atoms with E-state index in [0.717, 1.165) is 12.1 Å². The topological polar surface area (TPSA) is 53.7 Å². The van der Waals surface area contributed by atoms with Gasteiger partial charge >= 0.3 is 18.0 Å². The molecule has 0 bridgehead atoms. The van der Waals surface area contributed by atoms with Crippen molar-refractivity contribution in [2.45, 2.75) is 50.7 Å². The largest absolute Gasteiger partial charge is 0.492 e. The number of halogens is 9. The second-order valence-electron chi connectivity index (χ2n) is 6.86. The van der Waals surface area contributed by atoms with E-state index in [1.54, 1.807) is 0 Å². The minimum absolute atomic E-state index is 0.0228. The van der Waals surface area contributed by atoms with Crippen molar-refractivity contribution in [3.8, 4) is 5.75 Å². The van der Waals surface area contributed by atoms with Crippen LogP contribution in [0, 0.1) is 0 Å². The smallest absolute Gasteiger partial charge is 0.407 e. The Morgan fingerprint density at radius 3 is 2.12 bits per heavy atom. The van der Waals surface area contributed by atoms with E-state index in [2.05, 4.69) is 15.9 Å².